The Hall–Kier alpha value is -1.16. The summed E-state index contributed by atoms with van der Waals surface area (Å²) in [4.78, 5) is 2.47. The van der Waals surface area contributed by atoms with E-state index in [1.165, 1.54) is 16.7 Å². The molecule has 1 aliphatic heterocycles. The molecule has 0 saturated carbocycles. The number of rotatable bonds is 4. The molecule has 1 heterocycles. The summed E-state index contributed by atoms with van der Waals surface area (Å²) in [6.45, 7) is 3.15. The Labute approximate surface area is 128 Å². The van der Waals surface area contributed by atoms with Crippen molar-refractivity contribution in [2.24, 2.45) is 5.73 Å². The van der Waals surface area contributed by atoms with E-state index >= 15 is 0 Å². The van der Waals surface area contributed by atoms with E-state index in [4.69, 9.17) is 5.73 Å². The van der Waals surface area contributed by atoms with Gasteiger partial charge in [-0.15, -0.1) is 0 Å². The van der Waals surface area contributed by atoms with Crippen LogP contribution in [0.2, 0.25) is 0 Å². The first-order valence-corrected chi connectivity index (χ1v) is 7.82. The van der Waals surface area contributed by atoms with Crippen molar-refractivity contribution in [3.8, 4) is 0 Å². The number of fused-ring (bicyclic) bond motifs is 1. The van der Waals surface area contributed by atoms with Gasteiger partial charge in [0.2, 0.25) is 0 Å². The SMILES string of the molecule is NC(CCN1Cc2ccccc2C1)c1ccccc1Br. The lowest BCUT2D eigenvalue weighted by atomic mass is 10.0. The van der Waals surface area contributed by atoms with E-state index in [-0.39, 0.29) is 6.04 Å². The van der Waals surface area contributed by atoms with Crippen LogP contribution in [0.25, 0.3) is 0 Å². The molecule has 2 N–H and O–H groups in total. The summed E-state index contributed by atoms with van der Waals surface area (Å²) in [5, 5.41) is 0. The second-order valence-electron chi connectivity index (χ2n) is 5.40. The molecule has 0 radical (unpaired) electrons. The Morgan fingerprint density at radius 1 is 1.00 bits per heavy atom. The Balaban J connectivity index is 1.58. The van der Waals surface area contributed by atoms with Gasteiger partial charge in [-0.1, -0.05) is 58.4 Å². The van der Waals surface area contributed by atoms with Crippen LogP contribution >= 0.6 is 15.9 Å². The number of nitrogens with zero attached hydrogens (tertiary/aromatic N) is 1. The Kier molecular flexibility index (Phi) is 4.20. The minimum atomic E-state index is 0.0919. The highest BCUT2D eigenvalue weighted by atomic mass is 79.9. The highest BCUT2D eigenvalue weighted by Gasteiger charge is 2.19. The number of hydrogen-bond acceptors (Lipinski definition) is 2. The minimum Gasteiger partial charge on any atom is -0.324 e. The highest BCUT2D eigenvalue weighted by molar-refractivity contribution is 9.10. The van der Waals surface area contributed by atoms with Crippen molar-refractivity contribution in [2.45, 2.75) is 25.6 Å². The zero-order valence-electron chi connectivity index (χ0n) is 11.4. The van der Waals surface area contributed by atoms with Crippen LogP contribution in [0.1, 0.15) is 29.2 Å². The summed E-state index contributed by atoms with van der Waals surface area (Å²) in [5.41, 5.74) is 10.4. The molecule has 20 heavy (non-hydrogen) atoms. The molecule has 2 aromatic carbocycles. The van der Waals surface area contributed by atoms with Gasteiger partial charge < -0.3 is 5.73 Å². The molecule has 0 amide bonds. The van der Waals surface area contributed by atoms with E-state index < -0.39 is 0 Å². The van der Waals surface area contributed by atoms with Gasteiger partial charge in [-0.3, -0.25) is 4.90 Å². The summed E-state index contributed by atoms with van der Waals surface area (Å²) < 4.78 is 1.11. The van der Waals surface area contributed by atoms with Crippen molar-refractivity contribution in [3.63, 3.8) is 0 Å². The first kappa shape index (κ1) is 13.8. The van der Waals surface area contributed by atoms with Gasteiger partial charge in [0, 0.05) is 30.1 Å². The highest BCUT2D eigenvalue weighted by Crippen LogP contribution is 2.26. The van der Waals surface area contributed by atoms with E-state index in [2.05, 4.69) is 57.2 Å². The maximum atomic E-state index is 6.32. The van der Waals surface area contributed by atoms with Gasteiger partial charge in [-0.2, -0.15) is 0 Å². The summed E-state index contributed by atoms with van der Waals surface area (Å²) in [7, 11) is 0. The number of halogens is 1. The quantitative estimate of drug-likeness (QED) is 0.922. The summed E-state index contributed by atoms with van der Waals surface area (Å²) >= 11 is 3.58. The second-order valence-corrected chi connectivity index (χ2v) is 6.25. The lowest BCUT2D eigenvalue weighted by Gasteiger charge is -2.19. The second kappa shape index (κ2) is 6.08. The van der Waals surface area contributed by atoms with Crippen LogP contribution in [-0.2, 0) is 13.1 Å². The number of hydrogen-bond donors (Lipinski definition) is 1. The van der Waals surface area contributed by atoms with Crippen LogP contribution in [0.5, 0.6) is 0 Å². The molecule has 3 heteroatoms. The van der Waals surface area contributed by atoms with Crippen LogP contribution in [0, 0.1) is 0 Å². The molecule has 0 bridgehead atoms. The predicted molar refractivity (Wildman–Crippen MR) is 86.2 cm³/mol. The van der Waals surface area contributed by atoms with E-state index in [1.807, 2.05) is 12.1 Å². The summed E-state index contributed by atoms with van der Waals surface area (Å²) in [6.07, 6.45) is 0.983. The molecule has 1 aliphatic rings. The van der Waals surface area contributed by atoms with Crippen LogP contribution in [0.15, 0.2) is 53.0 Å². The fourth-order valence-corrected chi connectivity index (χ4v) is 3.39. The smallest absolute Gasteiger partial charge is 0.0318 e. The molecule has 0 fully saturated rings. The Morgan fingerprint density at radius 3 is 2.25 bits per heavy atom. The van der Waals surface area contributed by atoms with Crippen LogP contribution in [-0.4, -0.2) is 11.4 Å². The van der Waals surface area contributed by atoms with Crippen molar-refractivity contribution in [1.29, 1.82) is 0 Å². The summed E-state index contributed by atoms with van der Waals surface area (Å²) in [5.74, 6) is 0. The number of benzene rings is 2. The Bertz CT molecular complexity index is 572. The molecule has 104 valence electrons. The predicted octanol–water partition coefficient (Wildman–Crippen LogP) is 3.85. The van der Waals surface area contributed by atoms with Crippen LogP contribution < -0.4 is 5.73 Å². The Morgan fingerprint density at radius 2 is 1.60 bits per heavy atom. The molecule has 3 rings (SSSR count). The van der Waals surface area contributed by atoms with E-state index in [0.29, 0.717) is 0 Å². The average Bonchev–Trinajstić information content (AvgIpc) is 2.88. The van der Waals surface area contributed by atoms with Crippen molar-refractivity contribution < 1.29 is 0 Å². The lowest BCUT2D eigenvalue weighted by molar-refractivity contribution is 0.272. The van der Waals surface area contributed by atoms with Crippen molar-refractivity contribution in [1.82, 2.24) is 4.90 Å². The third-order valence-electron chi connectivity index (χ3n) is 3.97. The fourth-order valence-electron chi connectivity index (χ4n) is 2.81. The zero-order chi connectivity index (χ0) is 13.9. The topological polar surface area (TPSA) is 29.3 Å². The molecule has 0 aromatic heterocycles. The third kappa shape index (κ3) is 2.95. The third-order valence-corrected chi connectivity index (χ3v) is 4.69. The lowest BCUT2D eigenvalue weighted by Crippen LogP contribution is -2.22. The average molecular weight is 331 g/mol. The molecule has 1 unspecified atom stereocenters. The fraction of sp³-hybridized carbons (Fsp3) is 0.294. The normalized spacial score (nSPS) is 16.1. The molecule has 0 spiro atoms. The van der Waals surface area contributed by atoms with Gasteiger partial charge in [0.25, 0.3) is 0 Å². The van der Waals surface area contributed by atoms with Crippen LogP contribution in [0.4, 0.5) is 0 Å². The van der Waals surface area contributed by atoms with Crippen LogP contribution in [0.3, 0.4) is 0 Å². The molecule has 0 aliphatic carbocycles. The molecule has 0 saturated heterocycles. The zero-order valence-corrected chi connectivity index (χ0v) is 13.0. The van der Waals surface area contributed by atoms with E-state index in [1.54, 1.807) is 0 Å². The molecular formula is C17H19BrN2. The van der Waals surface area contributed by atoms with Gasteiger partial charge in [0.15, 0.2) is 0 Å². The standard InChI is InChI=1S/C17H19BrN2/c18-16-8-4-3-7-15(16)17(19)9-10-20-11-13-5-1-2-6-14(13)12-20/h1-8,17H,9-12,19H2. The molecule has 1 atom stereocenters. The maximum Gasteiger partial charge on any atom is 0.0318 e. The van der Waals surface area contributed by atoms with Gasteiger partial charge in [0.05, 0.1) is 0 Å². The van der Waals surface area contributed by atoms with Gasteiger partial charge in [-0.25, -0.2) is 0 Å². The van der Waals surface area contributed by atoms with Crippen molar-refractivity contribution in [2.75, 3.05) is 6.54 Å². The van der Waals surface area contributed by atoms with Crippen molar-refractivity contribution >= 4 is 15.9 Å². The van der Waals surface area contributed by atoms with Crippen molar-refractivity contribution in [3.05, 3.63) is 69.7 Å². The largest absolute Gasteiger partial charge is 0.324 e. The maximum absolute atomic E-state index is 6.32. The molecule has 2 aromatic rings. The van der Waals surface area contributed by atoms with Gasteiger partial charge in [-0.05, 0) is 29.2 Å². The first-order valence-electron chi connectivity index (χ1n) is 7.03. The monoisotopic (exact) mass is 330 g/mol. The van der Waals surface area contributed by atoms with Gasteiger partial charge >= 0.3 is 0 Å². The van der Waals surface area contributed by atoms with Gasteiger partial charge in [0.1, 0.15) is 0 Å². The number of nitrogens with two attached hydrogens (primary N) is 1. The molecule has 2 nitrogen and oxygen atoms in total. The summed E-state index contributed by atoms with van der Waals surface area (Å²) in [6, 6.07) is 17.0. The molecular weight excluding hydrogens is 312 g/mol. The van der Waals surface area contributed by atoms with E-state index in [9.17, 15) is 0 Å². The van der Waals surface area contributed by atoms with E-state index in [0.717, 1.165) is 30.5 Å². The first-order chi connectivity index (χ1) is 9.74. The minimum absolute atomic E-state index is 0.0919.